The fourth-order valence-corrected chi connectivity index (χ4v) is 3.47. The van der Waals surface area contributed by atoms with Crippen LogP contribution in [0.15, 0.2) is 53.1 Å². The van der Waals surface area contributed by atoms with Gasteiger partial charge in [0.2, 0.25) is 11.8 Å². The van der Waals surface area contributed by atoms with E-state index in [0.29, 0.717) is 12.5 Å². The quantitative estimate of drug-likeness (QED) is 0.585. The van der Waals surface area contributed by atoms with Gasteiger partial charge in [0.05, 0.1) is 18.7 Å². The van der Waals surface area contributed by atoms with Gasteiger partial charge in [0, 0.05) is 11.8 Å². The standard InChI is InChI=1S/C21H18N4O3/c1-26-15-3-5-18-13(9-15)8-14(11-27-18)20-24-17-10-12(2-4-19(17)28-20)16-6-7-23-21(22)25-16/h2-7,9-10,14H,8,11H2,1H3,(H2,22,23,25)/t14-/m1/s1. The molecule has 2 aromatic heterocycles. The Kier molecular flexibility index (Phi) is 3.86. The van der Waals surface area contributed by atoms with Gasteiger partial charge in [-0.1, -0.05) is 0 Å². The van der Waals surface area contributed by atoms with Crippen molar-refractivity contribution in [3.63, 3.8) is 0 Å². The Morgan fingerprint density at radius 1 is 1.11 bits per heavy atom. The highest BCUT2D eigenvalue weighted by Crippen LogP contribution is 2.35. The van der Waals surface area contributed by atoms with Crippen LogP contribution < -0.4 is 15.2 Å². The van der Waals surface area contributed by atoms with Crippen molar-refractivity contribution in [1.82, 2.24) is 15.0 Å². The lowest BCUT2D eigenvalue weighted by atomic mass is 9.96. The normalized spacial score (nSPS) is 15.8. The van der Waals surface area contributed by atoms with E-state index in [1.165, 1.54) is 0 Å². The summed E-state index contributed by atoms with van der Waals surface area (Å²) in [5, 5.41) is 0. The molecule has 1 atom stereocenters. The molecule has 7 nitrogen and oxygen atoms in total. The van der Waals surface area contributed by atoms with Crippen LogP contribution in [0.1, 0.15) is 17.4 Å². The number of methoxy groups -OCH3 is 1. The first-order chi connectivity index (χ1) is 13.7. The highest BCUT2D eigenvalue weighted by atomic mass is 16.5. The van der Waals surface area contributed by atoms with Crippen molar-refractivity contribution in [3.8, 4) is 22.8 Å². The molecule has 140 valence electrons. The van der Waals surface area contributed by atoms with Gasteiger partial charge < -0.3 is 19.6 Å². The summed E-state index contributed by atoms with van der Waals surface area (Å²) in [6.07, 6.45) is 2.43. The number of anilines is 1. The molecular formula is C21H18N4O3. The van der Waals surface area contributed by atoms with E-state index in [2.05, 4.69) is 9.97 Å². The minimum Gasteiger partial charge on any atom is -0.497 e. The lowest BCUT2D eigenvalue weighted by molar-refractivity contribution is 0.243. The predicted molar refractivity (Wildman–Crippen MR) is 104 cm³/mol. The monoisotopic (exact) mass is 374 g/mol. The van der Waals surface area contributed by atoms with Crippen LogP contribution in [0, 0.1) is 0 Å². The summed E-state index contributed by atoms with van der Waals surface area (Å²) in [7, 11) is 1.66. The van der Waals surface area contributed by atoms with Crippen LogP contribution in [-0.2, 0) is 6.42 Å². The van der Waals surface area contributed by atoms with Crippen LogP contribution in [0.25, 0.3) is 22.4 Å². The highest BCUT2D eigenvalue weighted by molar-refractivity contribution is 5.79. The van der Waals surface area contributed by atoms with Gasteiger partial charge in [0.25, 0.3) is 0 Å². The van der Waals surface area contributed by atoms with Crippen molar-refractivity contribution in [2.45, 2.75) is 12.3 Å². The third kappa shape index (κ3) is 2.90. The average Bonchev–Trinajstić information content (AvgIpc) is 3.16. The Morgan fingerprint density at radius 2 is 2.04 bits per heavy atom. The van der Waals surface area contributed by atoms with Crippen LogP contribution in [0.2, 0.25) is 0 Å². The van der Waals surface area contributed by atoms with E-state index >= 15 is 0 Å². The average molecular weight is 374 g/mol. The Labute approximate surface area is 161 Å². The maximum atomic E-state index is 6.01. The zero-order chi connectivity index (χ0) is 19.1. The second-order valence-corrected chi connectivity index (χ2v) is 6.72. The molecule has 0 fully saturated rings. The number of hydrogen-bond donors (Lipinski definition) is 1. The first-order valence-electron chi connectivity index (χ1n) is 8.99. The first kappa shape index (κ1) is 16.6. The molecule has 0 spiro atoms. The van der Waals surface area contributed by atoms with Gasteiger partial charge >= 0.3 is 0 Å². The van der Waals surface area contributed by atoms with Crippen molar-refractivity contribution in [2.75, 3.05) is 19.5 Å². The number of aromatic nitrogens is 3. The summed E-state index contributed by atoms with van der Waals surface area (Å²) in [5.41, 5.74) is 9.96. The Balaban J connectivity index is 1.47. The minimum absolute atomic E-state index is 0.0464. The summed E-state index contributed by atoms with van der Waals surface area (Å²) in [6.45, 7) is 0.529. The van der Waals surface area contributed by atoms with Crippen LogP contribution >= 0.6 is 0 Å². The molecule has 5 rings (SSSR count). The molecule has 0 saturated heterocycles. The third-order valence-electron chi connectivity index (χ3n) is 4.90. The zero-order valence-corrected chi connectivity index (χ0v) is 15.3. The number of ether oxygens (including phenoxy) is 2. The van der Waals surface area contributed by atoms with Crippen molar-refractivity contribution < 1.29 is 13.9 Å². The number of hydrogen-bond acceptors (Lipinski definition) is 7. The van der Waals surface area contributed by atoms with Crippen LogP contribution in [0.4, 0.5) is 5.95 Å². The van der Waals surface area contributed by atoms with E-state index < -0.39 is 0 Å². The maximum absolute atomic E-state index is 6.01. The predicted octanol–water partition coefficient (Wildman–Crippen LogP) is 3.59. The molecule has 0 saturated carbocycles. The van der Waals surface area contributed by atoms with Crippen LogP contribution in [-0.4, -0.2) is 28.7 Å². The summed E-state index contributed by atoms with van der Waals surface area (Å²) in [6, 6.07) is 13.5. The van der Waals surface area contributed by atoms with Gasteiger partial charge in [0.1, 0.15) is 23.6 Å². The largest absolute Gasteiger partial charge is 0.497 e. The van der Waals surface area contributed by atoms with E-state index in [1.807, 2.05) is 42.5 Å². The molecule has 1 aliphatic rings. The molecule has 0 unspecified atom stereocenters. The van der Waals surface area contributed by atoms with E-state index in [-0.39, 0.29) is 11.9 Å². The number of nitrogens with zero attached hydrogens (tertiary/aromatic N) is 3. The number of fused-ring (bicyclic) bond motifs is 2. The molecule has 0 amide bonds. The zero-order valence-electron chi connectivity index (χ0n) is 15.3. The summed E-state index contributed by atoms with van der Waals surface area (Å²) in [4.78, 5) is 12.9. The van der Waals surface area contributed by atoms with Gasteiger partial charge in [-0.3, -0.25) is 0 Å². The fraction of sp³-hybridized carbons (Fsp3) is 0.190. The van der Waals surface area contributed by atoms with E-state index in [1.54, 1.807) is 13.3 Å². The first-order valence-corrected chi connectivity index (χ1v) is 8.99. The molecule has 0 aliphatic carbocycles. The molecule has 0 bridgehead atoms. The van der Waals surface area contributed by atoms with E-state index in [4.69, 9.17) is 24.6 Å². The van der Waals surface area contributed by atoms with Gasteiger partial charge in [-0.2, -0.15) is 0 Å². The molecule has 2 N–H and O–H groups in total. The molecule has 28 heavy (non-hydrogen) atoms. The van der Waals surface area contributed by atoms with Crippen molar-refractivity contribution >= 4 is 17.0 Å². The molecule has 7 heteroatoms. The number of rotatable bonds is 3. The number of oxazole rings is 1. The van der Waals surface area contributed by atoms with Crippen LogP contribution in [0.3, 0.4) is 0 Å². The fourth-order valence-electron chi connectivity index (χ4n) is 3.47. The summed E-state index contributed by atoms with van der Waals surface area (Å²) < 4.78 is 17.2. The number of benzene rings is 2. The minimum atomic E-state index is 0.0464. The topological polar surface area (TPSA) is 96.3 Å². The summed E-state index contributed by atoms with van der Waals surface area (Å²) >= 11 is 0. The van der Waals surface area contributed by atoms with E-state index in [9.17, 15) is 0 Å². The molecule has 1 aliphatic heterocycles. The van der Waals surface area contributed by atoms with Crippen molar-refractivity contribution in [2.24, 2.45) is 0 Å². The smallest absolute Gasteiger partial charge is 0.220 e. The molecule has 2 aromatic carbocycles. The molecule has 4 aromatic rings. The molecule has 0 radical (unpaired) electrons. The SMILES string of the molecule is COc1ccc2c(c1)C[C@@H](c1nc3cc(-c4ccnc(N)n4)ccc3o1)CO2. The van der Waals surface area contributed by atoms with Crippen molar-refractivity contribution in [3.05, 3.63) is 60.1 Å². The number of nitrogen functional groups attached to an aromatic ring is 1. The van der Waals surface area contributed by atoms with Gasteiger partial charge in [-0.25, -0.2) is 15.0 Å². The van der Waals surface area contributed by atoms with Gasteiger partial charge in [0.15, 0.2) is 5.58 Å². The summed E-state index contributed by atoms with van der Waals surface area (Å²) in [5.74, 6) is 2.66. The van der Waals surface area contributed by atoms with Crippen LogP contribution in [0.5, 0.6) is 11.5 Å². The number of nitrogens with two attached hydrogens (primary N) is 1. The van der Waals surface area contributed by atoms with Crippen molar-refractivity contribution in [1.29, 1.82) is 0 Å². The van der Waals surface area contributed by atoms with Gasteiger partial charge in [-0.15, -0.1) is 0 Å². The highest BCUT2D eigenvalue weighted by Gasteiger charge is 2.26. The lowest BCUT2D eigenvalue weighted by Crippen LogP contribution is -2.19. The van der Waals surface area contributed by atoms with Gasteiger partial charge in [-0.05, 0) is 54.4 Å². The molecular weight excluding hydrogens is 356 g/mol. The lowest BCUT2D eigenvalue weighted by Gasteiger charge is -2.23. The second-order valence-electron chi connectivity index (χ2n) is 6.72. The second kappa shape index (κ2) is 6.53. The Hall–Kier alpha value is -3.61. The third-order valence-corrected chi connectivity index (χ3v) is 4.90. The molecule has 3 heterocycles. The Bertz CT molecular complexity index is 1170. The maximum Gasteiger partial charge on any atom is 0.220 e. The van der Waals surface area contributed by atoms with E-state index in [0.717, 1.165) is 45.8 Å². The Morgan fingerprint density at radius 3 is 2.89 bits per heavy atom.